The Morgan fingerprint density at radius 3 is 2.88 bits per heavy atom. The maximum absolute atomic E-state index is 12.5. The van der Waals surface area contributed by atoms with Crippen LogP contribution in [0.2, 0.25) is 0 Å². The highest BCUT2D eigenvalue weighted by atomic mass is 16.2. The summed E-state index contributed by atoms with van der Waals surface area (Å²) in [5.74, 6) is 0.520. The summed E-state index contributed by atoms with van der Waals surface area (Å²) in [4.78, 5) is 16.9. The molecule has 0 bridgehead atoms. The third-order valence-electron chi connectivity index (χ3n) is 5.12. The van der Waals surface area contributed by atoms with Crippen LogP contribution in [-0.4, -0.2) is 61.9 Å². The minimum atomic E-state index is 0.0993. The van der Waals surface area contributed by atoms with Crippen molar-refractivity contribution in [2.24, 2.45) is 13.0 Å². The molecule has 0 radical (unpaired) electrons. The van der Waals surface area contributed by atoms with Crippen molar-refractivity contribution in [1.29, 1.82) is 0 Å². The Labute approximate surface area is 149 Å². The van der Waals surface area contributed by atoms with Gasteiger partial charge in [-0.1, -0.05) is 6.92 Å². The van der Waals surface area contributed by atoms with Crippen LogP contribution in [0.25, 0.3) is 0 Å². The molecule has 0 aromatic carbocycles. The molecule has 2 aromatic heterocycles. The molecule has 0 saturated carbocycles. The van der Waals surface area contributed by atoms with Crippen molar-refractivity contribution in [2.45, 2.75) is 32.4 Å². The number of carbonyl (C=O) groups excluding carboxylic acids is 1. The molecule has 1 amide bonds. The van der Waals surface area contributed by atoms with Crippen molar-refractivity contribution in [3.63, 3.8) is 0 Å². The van der Waals surface area contributed by atoms with Crippen LogP contribution in [-0.2, 0) is 18.4 Å². The Bertz CT molecular complexity index is 680. The Balaban J connectivity index is 1.70. The largest absolute Gasteiger partial charge is 0.344 e. The second-order valence-corrected chi connectivity index (χ2v) is 6.90. The van der Waals surface area contributed by atoms with E-state index in [1.807, 2.05) is 42.1 Å². The smallest absolute Gasteiger partial charge is 0.244 e. The van der Waals surface area contributed by atoms with Crippen molar-refractivity contribution in [3.8, 4) is 0 Å². The summed E-state index contributed by atoms with van der Waals surface area (Å²) in [5.41, 5.74) is 1.25. The number of aryl methyl sites for hydroxylation is 1. The summed E-state index contributed by atoms with van der Waals surface area (Å²) < 4.78 is 3.54. The lowest BCUT2D eigenvalue weighted by molar-refractivity contribution is -0.131. The molecule has 1 aliphatic heterocycles. The van der Waals surface area contributed by atoms with Crippen LogP contribution in [0.1, 0.15) is 31.4 Å². The highest BCUT2D eigenvalue weighted by Crippen LogP contribution is 2.36. The van der Waals surface area contributed by atoms with Gasteiger partial charge in [0.05, 0.1) is 6.20 Å². The lowest BCUT2D eigenvalue weighted by Gasteiger charge is -2.42. The minimum absolute atomic E-state index is 0.0993. The van der Waals surface area contributed by atoms with Gasteiger partial charge in [0.15, 0.2) is 0 Å². The first-order chi connectivity index (χ1) is 12.1. The summed E-state index contributed by atoms with van der Waals surface area (Å²) in [6.07, 6.45) is 9.91. The van der Waals surface area contributed by atoms with E-state index in [0.29, 0.717) is 18.5 Å². The summed E-state index contributed by atoms with van der Waals surface area (Å²) in [7, 11) is 3.86. The van der Waals surface area contributed by atoms with Crippen LogP contribution in [0.3, 0.4) is 0 Å². The number of nitrogens with zero attached hydrogens (tertiary/aromatic N) is 6. The fraction of sp³-hybridized carbons (Fsp3) is 0.611. The SMILES string of the molecule is CCN1CCC[C@@H](CN(C)C(=O)Cn2cccn2)[C@@H]1c1cnn(C)c1. The monoisotopic (exact) mass is 344 g/mol. The molecule has 1 fully saturated rings. The van der Waals surface area contributed by atoms with Crippen molar-refractivity contribution >= 4 is 5.91 Å². The van der Waals surface area contributed by atoms with E-state index in [2.05, 4.69) is 28.2 Å². The highest BCUT2D eigenvalue weighted by Gasteiger charge is 2.33. The van der Waals surface area contributed by atoms with E-state index in [9.17, 15) is 4.79 Å². The maximum Gasteiger partial charge on any atom is 0.244 e. The van der Waals surface area contributed by atoms with Crippen molar-refractivity contribution in [2.75, 3.05) is 26.7 Å². The van der Waals surface area contributed by atoms with Gasteiger partial charge in [0.1, 0.15) is 6.54 Å². The van der Waals surface area contributed by atoms with Gasteiger partial charge in [-0.15, -0.1) is 0 Å². The number of rotatable bonds is 6. The second kappa shape index (κ2) is 7.82. The third-order valence-corrected chi connectivity index (χ3v) is 5.12. The van der Waals surface area contributed by atoms with Gasteiger partial charge >= 0.3 is 0 Å². The molecule has 0 aliphatic carbocycles. The molecule has 0 unspecified atom stereocenters. The fourth-order valence-electron chi connectivity index (χ4n) is 3.88. The topological polar surface area (TPSA) is 59.2 Å². The van der Waals surface area contributed by atoms with E-state index in [4.69, 9.17) is 0 Å². The Morgan fingerprint density at radius 1 is 1.40 bits per heavy atom. The molecule has 3 rings (SSSR count). The highest BCUT2D eigenvalue weighted by molar-refractivity contribution is 5.75. The minimum Gasteiger partial charge on any atom is -0.344 e. The molecule has 7 heteroatoms. The van der Waals surface area contributed by atoms with Gasteiger partial charge in [0, 0.05) is 50.8 Å². The van der Waals surface area contributed by atoms with Crippen molar-refractivity contribution in [3.05, 3.63) is 36.4 Å². The fourth-order valence-corrected chi connectivity index (χ4v) is 3.88. The van der Waals surface area contributed by atoms with E-state index in [-0.39, 0.29) is 5.91 Å². The van der Waals surface area contributed by atoms with Crippen molar-refractivity contribution in [1.82, 2.24) is 29.4 Å². The number of likely N-dealkylation sites (tertiary alicyclic amines) is 1. The number of hydrogen-bond acceptors (Lipinski definition) is 4. The van der Waals surface area contributed by atoms with Gasteiger partial charge in [-0.05, 0) is 37.9 Å². The van der Waals surface area contributed by atoms with Gasteiger partial charge in [0.2, 0.25) is 5.91 Å². The first kappa shape index (κ1) is 17.7. The summed E-state index contributed by atoms with van der Waals surface area (Å²) in [5, 5.41) is 8.48. The zero-order chi connectivity index (χ0) is 17.8. The van der Waals surface area contributed by atoms with Crippen LogP contribution in [0.4, 0.5) is 0 Å². The molecule has 0 N–H and O–H groups in total. The molecular weight excluding hydrogens is 316 g/mol. The Kier molecular flexibility index (Phi) is 5.53. The molecule has 2 aromatic rings. The third kappa shape index (κ3) is 4.10. The maximum atomic E-state index is 12.5. The normalized spacial score (nSPS) is 21.4. The van der Waals surface area contributed by atoms with Gasteiger partial charge in [-0.25, -0.2) is 0 Å². The van der Waals surface area contributed by atoms with Crippen LogP contribution >= 0.6 is 0 Å². The molecule has 25 heavy (non-hydrogen) atoms. The Hall–Kier alpha value is -2.15. The lowest BCUT2D eigenvalue weighted by Crippen LogP contribution is -2.44. The predicted octanol–water partition coefficient (Wildman–Crippen LogP) is 1.55. The molecular formula is C18H28N6O. The summed E-state index contributed by atoms with van der Waals surface area (Å²) >= 11 is 0. The van der Waals surface area contributed by atoms with E-state index in [1.54, 1.807) is 10.9 Å². The number of likely N-dealkylation sites (N-methyl/N-ethyl adjacent to an activating group) is 1. The van der Waals surface area contributed by atoms with E-state index in [1.165, 1.54) is 12.0 Å². The first-order valence-electron chi connectivity index (χ1n) is 9.02. The van der Waals surface area contributed by atoms with Gasteiger partial charge in [-0.2, -0.15) is 10.2 Å². The standard InChI is InChI=1S/C18H28N6O/c1-4-23-9-5-7-15(18(23)16-11-20-22(3)13-16)12-21(2)17(25)14-24-10-6-8-19-24/h6,8,10-11,13,15,18H,4-5,7,9,12,14H2,1-3H3/t15-,18+/m0/s1. The number of hydrogen-bond donors (Lipinski definition) is 0. The molecule has 1 saturated heterocycles. The summed E-state index contributed by atoms with van der Waals surface area (Å²) in [6.45, 7) is 5.39. The predicted molar refractivity (Wildman–Crippen MR) is 95.8 cm³/mol. The number of piperidine rings is 1. The van der Waals surface area contributed by atoms with E-state index < -0.39 is 0 Å². The van der Waals surface area contributed by atoms with Crippen LogP contribution in [0.5, 0.6) is 0 Å². The molecule has 7 nitrogen and oxygen atoms in total. The number of aromatic nitrogens is 4. The average Bonchev–Trinajstić information content (AvgIpc) is 3.26. The first-order valence-corrected chi connectivity index (χ1v) is 9.02. The molecule has 136 valence electrons. The van der Waals surface area contributed by atoms with E-state index in [0.717, 1.165) is 26.1 Å². The van der Waals surface area contributed by atoms with E-state index >= 15 is 0 Å². The lowest BCUT2D eigenvalue weighted by atomic mass is 9.85. The second-order valence-electron chi connectivity index (χ2n) is 6.90. The van der Waals surface area contributed by atoms with Crippen LogP contribution in [0.15, 0.2) is 30.9 Å². The van der Waals surface area contributed by atoms with Gasteiger partial charge in [-0.3, -0.25) is 19.1 Å². The van der Waals surface area contributed by atoms with Crippen LogP contribution in [0, 0.1) is 5.92 Å². The number of carbonyl (C=O) groups is 1. The van der Waals surface area contributed by atoms with Crippen molar-refractivity contribution < 1.29 is 4.79 Å². The Morgan fingerprint density at radius 2 is 2.24 bits per heavy atom. The number of amides is 1. The summed E-state index contributed by atoms with van der Waals surface area (Å²) in [6, 6.07) is 2.17. The zero-order valence-corrected chi connectivity index (χ0v) is 15.4. The van der Waals surface area contributed by atoms with Gasteiger partial charge < -0.3 is 4.90 Å². The van der Waals surface area contributed by atoms with Gasteiger partial charge in [0.25, 0.3) is 0 Å². The average molecular weight is 344 g/mol. The molecule has 0 spiro atoms. The van der Waals surface area contributed by atoms with Crippen LogP contribution < -0.4 is 0 Å². The zero-order valence-electron chi connectivity index (χ0n) is 15.4. The molecule has 2 atom stereocenters. The quantitative estimate of drug-likeness (QED) is 0.798. The molecule has 1 aliphatic rings. The molecule has 3 heterocycles.